The molecule has 53 valence electrons. The fraction of sp³-hybridized carbons (Fsp3) is 0. The number of hydrogen-bond donors (Lipinski definition) is 3. The molecule has 0 aromatic rings. The second-order valence-electron chi connectivity index (χ2n) is 0.513. The summed E-state index contributed by atoms with van der Waals surface area (Å²) in [6, 6.07) is 0. The average Bonchev–Trinajstić information content (AvgIpc) is 0.722. The molecule has 0 aromatic heterocycles. The Hall–Kier alpha value is 5.23. The minimum atomic E-state index is -4.64. The van der Waals surface area contributed by atoms with E-state index in [9.17, 15) is 0 Å². The van der Waals surface area contributed by atoms with Crippen LogP contribution >= 0.6 is 7.82 Å². The monoisotopic (exact) mass is 421 g/mol. The van der Waals surface area contributed by atoms with E-state index in [1.54, 1.807) is 0 Å². The van der Waals surface area contributed by atoms with Crippen LogP contribution in [0.2, 0.25) is 0 Å². The van der Waals surface area contributed by atoms with Crippen molar-refractivity contribution in [2.75, 3.05) is 0 Å². The van der Waals surface area contributed by atoms with Gasteiger partial charge in [0.05, 0.1) is 0 Å². The van der Waals surface area contributed by atoms with Gasteiger partial charge in [-0.05, 0) is 0 Å². The maximum atomic E-state index is 8.88. The summed E-state index contributed by atoms with van der Waals surface area (Å²) in [6.07, 6.45) is 0. The quantitative estimate of drug-likeness (QED) is 0.269. The van der Waals surface area contributed by atoms with Gasteiger partial charge in [0.2, 0.25) is 0 Å². The smallest absolute Gasteiger partial charge is 1.00 e. The molecule has 0 aromatic carbocycles. The van der Waals surface area contributed by atoms with Crippen molar-refractivity contribution in [3.05, 3.63) is 0 Å². The molecule has 0 aliphatic rings. The molecule has 0 saturated carbocycles. The molecule has 0 bridgehead atoms. The molecule has 11 heteroatoms. The maximum absolute atomic E-state index is 8.88. The van der Waals surface area contributed by atoms with Gasteiger partial charge in [0.25, 0.3) is 0 Å². The van der Waals surface area contributed by atoms with Gasteiger partial charge in [0.15, 0.2) is 17.4 Å². The minimum absolute atomic E-state index is 0. The Morgan fingerprint density at radius 3 is 1.09 bits per heavy atom. The summed E-state index contributed by atoms with van der Waals surface area (Å²) in [4.78, 5) is 21.6. The third kappa shape index (κ3) is 97.5. The fourth-order valence-corrected chi connectivity index (χ4v) is 0. The molecule has 0 rings (SSSR count). The molecule has 0 saturated heterocycles. The van der Waals surface area contributed by atoms with Crippen LogP contribution < -0.4 is 37.7 Å². The van der Waals surface area contributed by atoms with Gasteiger partial charge in [-0.15, -0.1) is 0 Å². The van der Waals surface area contributed by atoms with E-state index in [1.807, 2.05) is 0 Å². The molecule has 0 amide bonds. The summed E-state index contributed by atoms with van der Waals surface area (Å²) < 4.78 is 8.88. The van der Waals surface area contributed by atoms with Crippen LogP contribution in [0.1, 0.15) is 5.71 Å². The Bertz CT molecular complexity index is 86.8. The zero-order valence-electron chi connectivity index (χ0n) is 9.98. The summed E-state index contributed by atoms with van der Waals surface area (Å²) in [5.41, 5.74) is 0. The summed E-state index contributed by atoms with van der Waals surface area (Å²) in [5.74, 6) is 0. The summed E-state index contributed by atoms with van der Waals surface area (Å²) >= 11 is 0. The predicted octanol–water partition coefficient (Wildman–Crippen LogP) is -8.04. The topological polar surface area (TPSA) is 77.8 Å². The van der Waals surface area contributed by atoms with E-state index in [0.717, 1.165) is 0 Å². The standard InChI is InChI=1S/Al.La.2Li.H3O4P.Sr.Ti.7H/c;;;;1-5(2,3)4;;;;;;;;;/h;;;;(H3,1,2,3,4);;;;;;;;;/q;;2*+1;;+2;;;;;4*-1. The van der Waals surface area contributed by atoms with E-state index in [2.05, 4.69) is 0 Å². The first-order chi connectivity index (χ1) is 2.00. The molecule has 0 fully saturated rings. The summed E-state index contributed by atoms with van der Waals surface area (Å²) in [6.45, 7) is 0. The van der Waals surface area contributed by atoms with Crippen molar-refractivity contribution in [1.29, 1.82) is 0 Å². The number of phosphoric acid groups is 1. The third-order valence-electron chi connectivity index (χ3n) is 0. The van der Waals surface area contributed by atoms with Crippen molar-refractivity contribution in [3.8, 4) is 0 Å². The Morgan fingerprint density at radius 1 is 1.09 bits per heavy atom. The van der Waals surface area contributed by atoms with Crippen LogP contribution in [0.3, 0.4) is 0 Å². The van der Waals surface area contributed by atoms with Crippen LogP contribution in [0.5, 0.6) is 0 Å². The number of rotatable bonds is 0. The minimum Gasteiger partial charge on any atom is -1.00 e. The van der Waals surface area contributed by atoms with Crippen LogP contribution in [0, 0.1) is 35.6 Å². The molecule has 1 radical (unpaired) electrons. The molecule has 3 N–H and O–H groups in total. The third-order valence-corrected chi connectivity index (χ3v) is 0. The van der Waals surface area contributed by atoms with Gasteiger partial charge in [-0.3, -0.25) is 0 Å². The molecular weight excluding hydrogens is 410 g/mol. The van der Waals surface area contributed by atoms with Gasteiger partial charge in [-0.1, -0.05) is 0 Å². The maximum Gasteiger partial charge on any atom is 2.00 e. The molecule has 0 atom stereocenters. The number of hydrogen-bond acceptors (Lipinski definition) is 1. The second kappa shape index (κ2) is 24.5. The average molecular weight is 420 g/mol. The summed E-state index contributed by atoms with van der Waals surface area (Å²) in [5, 5.41) is 0. The zero-order valence-corrected chi connectivity index (χ0v) is 15.5. The Morgan fingerprint density at radius 2 is 1.09 bits per heavy atom. The molecule has 4 nitrogen and oxygen atoms in total. The van der Waals surface area contributed by atoms with Crippen LogP contribution in [-0.4, -0.2) is 77.5 Å². The van der Waals surface area contributed by atoms with E-state index in [1.165, 1.54) is 0 Å². The van der Waals surface area contributed by atoms with Crippen molar-refractivity contribution in [1.82, 2.24) is 0 Å². The van der Waals surface area contributed by atoms with E-state index in [-0.39, 0.29) is 164 Å². The second-order valence-corrected chi connectivity index (χ2v) is 1.54. The first kappa shape index (κ1) is 44.2. The predicted molar refractivity (Wildman–Crippen MR) is 34.4 cm³/mol. The zero-order chi connectivity index (χ0) is 4.50. The van der Waals surface area contributed by atoms with Crippen LogP contribution in [-0.2, 0) is 26.3 Å². The molecule has 0 spiro atoms. The van der Waals surface area contributed by atoms with E-state index in [4.69, 9.17) is 19.2 Å². The Kier molecular flexibility index (Phi) is 98.2. The van der Waals surface area contributed by atoms with Gasteiger partial charge in [0.1, 0.15) is 0 Å². The van der Waals surface area contributed by atoms with Crippen molar-refractivity contribution in [2.24, 2.45) is 0 Å². The first-order valence-corrected chi connectivity index (χ1v) is 2.35. The van der Waals surface area contributed by atoms with E-state index < -0.39 is 7.82 Å². The normalized spacial score (nSPS) is 5.36. The van der Waals surface area contributed by atoms with Crippen molar-refractivity contribution in [3.63, 3.8) is 0 Å². The first-order valence-electron chi connectivity index (χ1n) is 0.783. The van der Waals surface area contributed by atoms with Crippen molar-refractivity contribution < 1.29 is 120 Å². The van der Waals surface area contributed by atoms with Crippen LogP contribution in [0.25, 0.3) is 0 Å². The van der Waals surface area contributed by atoms with Gasteiger partial charge in [-0.25, -0.2) is 4.57 Å². The van der Waals surface area contributed by atoms with Crippen molar-refractivity contribution >= 4 is 70.7 Å². The summed E-state index contributed by atoms with van der Waals surface area (Å²) in [7, 11) is -4.64. The van der Waals surface area contributed by atoms with Crippen molar-refractivity contribution in [2.45, 2.75) is 0 Å². The molecular formula is H10AlLaLi2O4PSrTi. The Labute approximate surface area is 186 Å². The molecule has 0 unspecified atom stereocenters. The Balaban J connectivity index is -0.00000000178. The van der Waals surface area contributed by atoms with Gasteiger partial charge in [-0.2, -0.15) is 0 Å². The molecule has 0 heterocycles. The van der Waals surface area contributed by atoms with Gasteiger partial charge in [0, 0.05) is 57.3 Å². The van der Waals surface area contributed by atoms with Crippen LogP contribution in [0.15, 0.2) is 0 Å². The van der Waals surface area contributed by atoms with E-state index >= 15 is 0 Å². The largest absolute Gasteiger partial charge is 2.00 e. The fourth-order valence-electron chi connectivity index (χ4n) is 0. The van der Waals surface area contributed by atoms with Gasteiger partial charge < -0.3 is 20.4 Å². The molecule has 0 aliphatic carbocycles. The van der Waals surface area contributed by atoms with E-state index in [0.29, 0.717) is 0 Å². The van der Waals surface area contributed by atoms with Crippen LogP contribution in [0.4, 0.5) is 0 Å². The molecule has 0 aliphatic heterocycles. The SMILES string of the molecule is O=P(O)(O)O.[AlH3].[H-].[H-].[H-].[H-].[La].[Li+].[Li+].[Sr+2].[Ti]. The molecule has 11 heavy (non-hydrogen) atoms. The van der Waals surface area contributed by atoms with Gasteiger partial charge >= 0.3 is 91.0 Å².